The number of rotatable bonds is 6. The minimum Gasteiger partial charge on any atom is -0.477 e. The smallest absolute Gasteiger partial charge is 0.252 e. The average Bonchev–Trinajstić information content (AvgIpc) is 3.08. The van der Waals surface area contributed by atoms with Crippen molar-refractivity contribution in [3.63, 3.8) is 0 Å². The number of nitrogens with zero attached hydrogens (tertiary/aromatic N) is 4. The van der Waals surface area contributed by atoms with Crippen molar-refractivity contribution < 1.29 is 19.0 Å². The number of hydrogen-bond acceptors (Lipinski definition) is 8. The quantitative estimate of drug-likeness (QED) is 0.512. The average molecular weight is 414 g/mol. The van der Waals surface area contributed by atoms with Crippen LogP contribution in [0.4, 0.5) is 4.39 Å². The number of aromatic nitrogens is 4. The second-order valence-electron chi connectivity index (χ2n) is 6.60. The molecule has 4 rings (SSSR count). The van der Waals surface area contributed by atoms with E-state index >= 15 is 0 Å². The van der Waals surface area contributed by atoms with Crippen molar-refractivity contribution in [2.75, 3.05) is 13.2 Å². The van der Waals surface area contributed by atoms with Crippen molar-refractivity contribution in [2.45, 2.75) is 26.9 Å². The van der Waals surface area contributed by atoms with Crippen LogP contribution in [-0.4, -0.2) is 44.4 Å². The van der Waals surface area contributed by atoms with Gasteiger partial charge in [0, 0.05) is 11.6 Å². The molecule has 7 nitrogen and oxygen atoms in total. The fourth-order valence-electron chi connectivity index (χ4n) is 2.87. The number of pyridine rings is 1. The van der Waals surface area contributed by atoms with Crippen LogP contribution in [0.1, 0.15) is 19.4 Å². The van der Waals surface area contributed by atoms with Gasteiger partial charge in [-0.2, -0.15) is 4.98 Å². The molecule has 0 aliphatic rings. The zero-order valence-corrected chi connectivity index (χ0v) is 17.0. The van der Waals surface area contributed by atoms with Crippen LogP contribution in [0.2, 0.25) is 0 Å². The zero-order chi connectivity index (χ0) is 20.5. The number of fused-ring (bicyclic) bond motifs is 2. The van der Waals surface area contributed by atoms with E-state index in [9.17, 15) is 9.50 Å². The zero-order valence-electron chi connectivity index (χ0n) is 16.1. The maximum absolute atomic E-state index is 14.3. The maximum Gasteiger partial charge on any atom is 0.252 e. The van der Waals surface area contributed by atoms with E-state index in [4.69, 9.17) is 9.47 Å². The summed E-state index contributed by atoms with van der Waals surface area (Å²) in [6.07, 6.45) is 0.862. The Kier molecular flexibility index (Phi) is 5.25. The summed E-state index contributed by atoms with van der Waals surface area (Å²) in [6.45, 7) is 5.88. The molecule has 1 unspecified atom stereocenters. The number of benzene rings is 1. The summed E-state index contributed by atoms with van der Waals surface area (Å²) < 4.78 is 25.0. The van der Waals surface area contributed by atoms with E-state index in [0.29, 0.717) is 38.9 Å². The number of halogens is 1. The second kappa shape index (κ2) is 7.84. The van der Waals surface area contributed by atoms with Crippen molar-refractivity contribution in [2.24, 2.45) is 0 Å². The molecular formula is C20H19FN4O3S. The van der Waals surface area contributed by atoms with E-state index in [1.165, 1.54) is 17.4 Å². The second-order valence-corrected chi connectivity index (χ2v) is 7.58. The summed E-state index contributed by atoms with van der Waals surface area (Å²) in [5, 5.41) is 10.0. The van der Waals surface area contributed by atoms with Gasteiger partial charge in [-0.1, -0.05) is 11.3 Å². The lowest BCUT2D eigenvalue weighted by molar-refractivity contribution is 0.117. The molecule has 1 atom stereocenters. The molecule has 0 aliphatic carbocycles. The molecular weight excluding hydrogens is 395 g/mol. The maximum atomic E-state index is 14.3. The van der Waals surface area contributed by atoms with Crippen LogP contribution in [-0.2, 0) is 0 Å². The van der Waals surface area contributed by atoms with Gasteiger partial charge in [-0.15, -0.1) is 0 Å². The van der Waals surface area contributed by atoms with Crippen molar-refractivity contribution in [1.29, 1.82) is 0 Å². The van der Waals surface area contributed by atoms with Gasteiger partial charge in [-0.3, -0.25) is 0 Å². The number of aliphatic hydroxyl groups is 1. The third kappa shape index (κ3) is 3.96. The molecule has 0 fully saturated rings. The van der Waals surface area contributed by atoms with Crippen LogP contribution in [0.25, 0.3) is 32.0 Å². The van der Waals surface area contributed by atoms with Crippen LogP contribution in [0.15, 0.2) is 24.4 Å². The minimum atomic E-state index is -0.720. The first-order valence-corrected chi connectivity index (χ1v) is 9.94. The van der Waals surface area contributed by atoms with Gasteiger partial charge in [0.1, 0.15) is 22.0 Å². The van der Waals surface area contributed by atoms with Crippen molar-refractivity contribution in [1.82, 2.24) is 19.9 Å². The molecule has 9 heteroatoms. The van der Waals surface area contributed by atoms with Crippen molar-refractivity contribution in [3.05, 3.63) is 35.8 Å². The Labute approximate surface area is 170 Å². The van der Waals surface area contributed by atoms with Crippen molar-refractivity contribution >= 4 is 32.7 Å². The van der Waals surface area contributed by atoms with E-state index in [-0.39, 0.29) is 12.5 Å². The molecule has 0 saturated heterocycles. The monoisotopic (exact) mass is 414 g/mol. The van der Waals surface area contributed by atoms with Gasteiger partial charge >= 0.3 is 0 Å². The van der Waals surface area contributed by atoms with Gasteiger partial charge < -0.3 is 14.6 Å². The standard InChI is InChI=1S/C20H19FN4O3S/c1-4-27-16-8-22-17-12(5-10(2)6-14(17)23-16)19-24-15-7-13(21)18(25-20(15)29-19)28-9-11(3)26/h5-8,11,26H,4,9H2,1-3H3. The minimum absolute atomic E-state index is 0.0403. The molecule has 1 aromatic carbocycles. The van der Waals surface area contributed by atoms with Crippen LogP contribution in [0.3, 0.4) is 0 Å². The molecule has 1 N–H and O–H groups in total. The van der Waals surface area contributed by atoms with Crippen molar-refractivity contribution in [3.8, 4) is 22.3 Å². The summed E-state index contributed by atoms with van der Waals surface area (Å²) in [6, 6.07) is 5.19. The van der Waals surface area contributed by atoms with E-state index < -0.39 is 11.9 Å². The summed E-state index contributed by atoms with van der Waals surface area (Å²) in [5.41, 5.74) is 3.61. The molecule has 0 radical (unpaired) electrons. The van der Waals surface area contributed by atoms with Crippen LogP contribution in [0.5, 0.6) is 11.8 Å². The van der Waals surface area contributed by atoms with Gasteiger partial charge in [0.25, 0.3) is 5.88 Å². The van der Waals surface area contributed by atoms with Crippen LogP contribution in [0, 0.1) is 12.7 Å². The highest BCUT2D eigenvalue weighted by molar-refractivity contribution is 7.21. The highest BCUT2D eigenvalue weighted by Gasteiger charge is 2.17. The topological polar surface area (TPSA) is 90.3 Å². The van der Waals surface area contributed by atoms with Gasteiger partial charge in [0.2, 0.25) is 5.88 Å². The number of ether oxygens (including phenoxy) is 2. The predicted octanol–water partition coefficient (Wildman–Crippen LogP) is 3.91. The van der Waals surface area contributed by atoms with E-state index in [2.05, 4.69) is 19.9 Å². The fourth-order valence-corrected chi connectivity index (χ4v) is 3.80. The number of aryl methyl sites for hydroxylation is 1. The Morgan fingerprint density at radius 2 is 1.97 bits per heavy atom. The summed E-state index contributed by atoms with van der Waals surface area (Å²) >= 11 is 1.32. The molecule has 0 bridgehead atoms. The molecule has 4 aromatic rings. The molecule has 150 valence electrons. The summed E-state index contributed by atoms with van der Waals surface area (Å²) in [5.74, 6) is -0.307. The first-order chi connectivity index (χ1) is 13.9. The first-order valence-electron chi connectivity index (χ1n) is 9.13. The van der Waals surface area contributed by atoms with E-state index in [1.807, 2.05) is 26.0 Å². The highest BCUT2D eigenvalue weighted by Crippen LogP contribution is 2.35. The van der Waals surface area contributed by atoms with E-state index in [1.54, 1.807) is 13.1 Å². The fraction of sp³-hybridized carbons (Fsp3) is 0.300. The lowest BCUT2D eigenvalue weighted by Crippen LogP contribution is -2.14. The Morgan fingerprint density at radius 1 is 1.14 bits per heavy atom. The van der Waals surface area contributed by atoms with Gasteiger partial charge in [-0.25, -0.2) is 19.3 Å². The largest absolute Gasteiger partial charge is 0.477 e. The Morgan fingerprint density at radius 3 is 2.72 bits per heavy atom. The molecule has 0 spiro atoms. The Bertz CT molecular complexity index is 1200. The summed E-state index contributed by atoms with van der Waals surface area (Å²) in [4.78, 5) is 18.3. The lowest BCUT2D eigenvalue weighted by atomic mass is 10.1. The molecule has 0 saturated carbocycles. The normalized spacial score (nSPS) is 12.4. The first kappa shape index (κ1) is 19.4. The predicted molar refractivity (Wildman–Crippen MR) is 109 cm³/mol. The van der Waals surface area contributed by atoms with Gasteiger partial charge in [-0.05, 0) is 38.5 Å². The van der Waals surface area contributed by atoms with Gasteiger partial charge in [0.15, 0.2) is 5.82 Å². The van der Waals surface area contributed by atoms with Gasteiger partial charge in [0.05, 0.1) is 29.9 Å². The number of aliphatic hydroxyl groups excluding tert-OH is 1. The number of hydrogen-bond donors (Lipinski definition) is 1. The SMILES string of the molecule is CCOc1cnc2c(-c3nc4cc(F)c(OCC(C)O)nc4s3)cc(C)cc2n1. The number of thiazole rings is 1. The van der Waals surface area contributed by atoms with Crippen LogP contribution < -0.4 is 9.47 Å². The third-order valence-corrected chi connectivity index (χ3v) is 5.06. The molecule has 0 aliphatic heterocycles. The van der Waals surface area contributed by atoms with Crippen LogP contribution >= 0.6 is 11.3 Å². The highest BCUT2D eigenvalue weighted by atomic mass is 32.1. The van der Waals surface area contributed by atoms with E-state index in [0.717, 1.165) is 11.1 Å². The third-order valence-electron chi connectivity index (χ3n) is 4.06. The lowest BCUT2D eigenvalue weighted by Gasteiger charge is -2.07. The molecule has 0 amide bonds. The summed E-state index contributed by atoms with van der Waals surface area (Å²) in [7, 11) is 0. The molecule has 3 aromatic heterocycles. The Balaban J connectivity index is 1.80. The molecule has 29 heavy (non-hydrogen) atoms. The Hall–Kier alpha value is -2.91. The molecule has 3 heterocycles.